The smallest absolute Gasteiger partial charge is 0.198 e. The van der Waals surface area contributed by atoms with Crippen LogP contribution in [0.4, 0.5) is 0 Å². The third-order valence-corrected chi connectivity index (χ3v) is 2.56. The molecule has 14 heavy (non-hydrogen) atoms. The summed E-state index contributed by atoms with van der Waals surface area (Å²) in [5.41, 5.74) is -0.895. The number of carbonyl (C=O) groups is 1. The van der Waals surface area contributed by atoms with Crippen LogP contribution in [0.2, 0.25) is 0 Å². The third kappa shape index (κ3) is 1.35. The number of nitrogens with zero attached hydrogens (tertiary/aromatic N) is 2. The lowest BCUT2D eigenvalue weighted by Gasteiger charge is -2.14. The Morgan fingerprint density at radius 3 is 2.21 bits per heavy atom. The number of halogens is 2. The maximum atomic E-state index is 11.3. The number of allylic oxidation sites excluding steroid dienone is 3. The zero-order chi connectivity index (χ0) is 10.9. The van der Waals surface area contributed by atoms with Gasteiger partial charge >= 0.3 is 0 Å². The number of alkyl halides is 1. The first kappa shape index (κ1) is 10.6. The van der Waals surface area contributed by atoms with Crippen molar-refractivity contribution in [2.75, 3.05) is 0 Å². The molecule has 0 spiro atoms. The van der Waals surface area contributed by atoms with Gasteiger partial charge in [0, 0.05) is 0 Å². The van der Waals surface area contributed by atoms with E-state index in [-0.39, 0.29) is 5.03 Å². The van der Waals surface area contributed by atoms with Crippen LogP contribution in [0.3, 0.4) is 0 Å². The van der Waals surface area contributed by atoms with Crippen LogP contribution in [-0.2, 0) is 4.79 Å². The van der Waals surface area contributed by atoms with Crippen molar-refractivity contribution in [3.05, 3.63) is 21.9 Å². The molecular weight excluding hydrogens is 227 g/mol. The van der Waals surface area contributed by atoms with E-state index < -0.39 is 28.1 Å². The molecule has 0 radical (unpaired) electrons. The number of aliphatic hydroxyl groups is 1. The van der Waals surface area contributed by atoms with Gasteiger partial charge < -0.3 is 5.11 Å². The van der Waals surface area contributed by atoms with Crippen LogP contribution < -0.4 is 0 Å². The molecule has 6 heteroatoms. The number of carbonyl (C=O) groups excluding carboxylic acids is 1. The predicted molar refractivity (Wildman–Crippen MR) is 48.4 cm³/mol. The van der Waals surface area contributed by atoms with Crippen molar-refractivity contribution in [3.8, 4) is 12.1 Å². The standard InChI is InChI=1S/C8H2Cl2N2O2/c9-5-6(10)8(14)4(2-12)3(1-11)7(5)13/h5,14H. The lowest BCUT2D eigenvalue weighted by Crippen LogP contribution is -2.24. The minimum Gasteiger partial charge on any atom is -0.505 e. The first-order chi connectivity index (χ1) is 6.54. The topological polar surface area (TPSA) is 84.9 Å². The van der Waals surface area contributed by atoms with Crippen molar-refractivity contribution >= 4 is 29.0 Å². The number of rotatable bonds is 0. The van der Waals surface area contributed by atoms with Crippen LogP contribution in [0.5, 0.6) is 0 Å². The van der Waals surface area contributed by atoms with Gasteiger partial charge in [0.25, 0.3) is 0 Å². The Kier molecular flexibility index (Phi) is 2.81. The van der Waals surface area contributed by atoms with Gasteiger partial charge in [0.1, 0.15) is 28.7 Å². The van der Waals surface area contributed by atoms with Gasteiger partial charge in [0.05, 0.1) is 5.03 Å². The van der Waals surface area contributed by atoms with Gasteiger partial charge in [-0.1, -0.05) is 11.6 Å². The molecule has 0 saturated carbocycles. The largest absolute Gasteiger partial charge is 0.505 e. The van der Waals surface area contributed by atoms with Gasteiger partial charge in [-0.3, -0.25) is 4.79 Å². The average Bonchev–Trinajstić information content (AvgIpc) is 2.20. The Bertz CT molecular complexity index is 451. The SMILES string of the molecule is N#CC1=C(C#N)C(O)=C(Cl)C(Cl)C1=O. The molecular formula is C8H2Cl2N2O2. The number of aliphatic hydroxyl groups excluding tert-OH is 1. The molecule has 1 N–H and O–H groups in total. The number of nitriles is 2. The summed E-state index contributed by atoms with van der Waals surface area (Å²) in [5.74, 6) is -1.38. The average molecular weight is 229 g/mol. The quantitative estimate of drug-likeness (QED) is 0.638. The maximum absolute atomic E-state index is 11.3. The van der Waals surface area contributed by atoms with E-state index >= 15 is 0 Å². The van der Waals surface area contributed by atoms with Gasteiger partial charge in [0.2, 0.25) is 0 Å². The molecule has 0 amide bonds. The second-order valence-corrected chi connectivity index (χ2v) is 3.24. The molecule has 0 aromatic rings. The van der Waals surface area contributed by atoms with Crippen molar-refractivity contribution in [2.45, 2.75) is 5.38 Å². The second-order valence-electron chi connectivity index (χ2n) is 2.40. The third-order valence-electron chi connectivity index (χ3n) is 1.64. The van der Waals surface area contributed by atoms with E-state index in [4.69, 9.17) is 33.7 Å². The predicted octanol–water partition coefficient (Wildman–Crippen LogP) is 1.53. The first-order valence-corrected chi connectivity index (χ1v) is 4.17. The monoisotopic (exact) mass is 228 g/mol. The summed E-state index contributed by atoms with van der Waals surface area (Å²) in [6, 6.07) is 3.03. The minimum absolute atomic E-state index is 0.327. The Morgan fingerprint density at radius 1 is 1.29 bits per heavy atom. The molecule has 0 aromatic heterocycles. The highest BCUT2D eigenvalue weighted by atomic mass is 35.5. The van der Waals surface area contributed by atoms with Crippen molar-refractivity contribution in [1.82, 2.24) is 0 Å². The van der Waals surface area contributed by atoms with Gasteiger partial charge in [-0.25, -0.2) is 0 Å². The lowest BCUT2D eigenvalue weighted by atomic mass is 9.96. The number of hydrogen-bond acceptors (Lipinski definition) is 4. The van der Waals surface area contributed by atoms with Crippen LogP contribution in [0.1, 0.15) is 0 Å². The van der Waals surface area contributed by atoms with Crippen molar-refractivity contribution in [3.63, 3.8) is 0 Å². The van der Waals surface area contributed by atoms with Crippen LogP contribution in [0, 0.1) is 22.7 Å². The molecule has 0 bridgehead atoms. The molecule has 1 aliphatic rings. The first-order valence-electron chi connectivity index (χ1n) is 3.36. The fourth-order valence-electron chi connectivity index (χ4n) is 0.943. The van der Waals surface area contributed by atoms with Crippen LogP contribution in [0.15, 0.2) is 21.9 Å². The molecule has 4 nitrogen and oxygen atoms in total. The summed E-state index contributed by atoms with van der Waals surface area (Å²) in [4.78, 5) is 11.3. The molecule has 0 saturated heterocycles. The van der Waals surface area contributed by atoms with E-state index in [2.05, 4.69) is 0 Å². The Labute approximate surface area is 89.3 Å². The fraction of sp³-hybridized carbons (Fsp3) is 0.125. The molecule has 0 aromatic carbocycles. The van der Waals surface area contributed by atoms with Gasteiger partial charge in [-0.05, 0) is 0 Å². The summed E-state index contributed by atoms with van der Waals surface area (Å²) in [6.07, 6.45) is 0. The zero-order valence-corrected chi connectivity index (χ0v) is 8.10. The molecule has 1 unspecified atom stereocenters. The molecule has 0 heterocycles. The maximum Gasteiger partial charge on any atom is 0.198 e. The van der Waals surface area contributed by atoms with Crippen LogP contribution in [0.25, 0.3) is 0 Å². The highest BCUT2D eigenvalue weighted by molar-refractivity contribution is 6.46. The van der Waals surface area contributed by atoms with Gasteiger partial charge in [-0.15, -0.1) is 11.6 Å². The Balaban J connectivity index is 3.50. The van der Waals surface area contributed by atoms with Crippen molar-refractivity contribution < 1.29 is 9.90 Å². The highest BCUT2D eigenvalue weighted by Gasteiger charge is 2.34. The molecule has 0 fully saturated rings. The van der Waals surface area contributed by atoms with Crippen molar-refractivity contribution in [2.24, 2.45) is 0 Å². The van der Waals surface area contributed by atoms with Crippen LogP contribution >= 0.6 is 23.2 Å². The zero-order valence-electron chi connectivity index (χ0n) is 6.58. The highest BCUT2D eigenvalue weighted by Crippen LogP contribution is 2.31. The van der Waals surface area contributed by atoms with Gasteiger partial charge in [0.15, 0.2) is 11.5 Å². The second kappa shape index (κ2) is 3.71. The lowest BCUT2D eigenvalue weighted by molar-refractivity contribution is -0.114. The summed E-state index contributed by atoms with van der Waals surface area (Å²) in [7, 11) is 0. The van der Waals surface area contributed by atoms with Gasteiger partial charge in [-0.2, -0.15) is 10.5 Å². The van der Waals surface area contributed by atoms with E-state index in [1.165, 1.54) is 12.1 Å². The summed E-state index contributed by atoms with van der Waals surface area (Å²) in [5, 5.41) is 24.8. The van der Waals surface area contributed by atoms with E-state index in [0.29, 0.717) is 0 Å². The van der Waals surface area contributed by atoms with E-state index in [1.807, 2.05) is 0 Å². The number of Topliss-reactive ketones (excluding diaryl/α,β-unsaturated/α-hetero) is 1. The Morgan fingerprint density at radius 2 is 1.79 bits per heavy atom. The molecule has 1 aliphatic carbocycles. The summed E-state index contributed by atoms with van der Waals surface area (Å²) >= 11 is 11.0. The van der Waals surface area contributed by atoms with E-state index in [0.717, 1.165) is 0 Å². The van der Waals surface area contributed by atoms with Crippen molar-refractivity contribution in [1.29, 1.82) is 10.5 Å². The van der Waals surface area contributed by atoms with E-state index in [1.54, 1.807) is 0 Å². The molecule has 1 rings (SSSR count). The summed E-state index contributed by atoms with van der Waals surface area (Å²) in [6.45, 7) is 0. The number of ketones is 1. The van der Waals surface area contributed by atoms with Crippen LogP contribution in [-0.4, -0.2) is 16.3 Å². The Hall–Kier alpha value is -1.49. The number of hydrogen-bond donors (Lipinski definition) is 1. The minimum atomic E-state index is -1.29. The molecule has 1 atom stereocenters. The fourth-order valence-corrected chi connectivity index (χ4v) is 1.35. The molecule has 70 valence electrons. The summed E-state index contributed by atoms with van der Waals surface area (Å²) < 4.78 is 0. The normalized spacial score (nSPS) is 22.0. The molecule has 0 aliphatic heterocycles. The van der Waals surface area contributed by atoms with E-state index in [9.17, 15) is 9.90 Å².